The summed E-state index contributed by atoms with van der Waals surface area (Å²) in [6, 6.07) is 15.9. The van der Waals surface area contributed by atoms with Crippen molar-refractivity contribution in [3.8, 4) is 0 Å². The molecule has 1 amide bonds. The number of nitrogens with one attached hydrogen (secondary N) is 1. The number of aromatic nitrogens is 2. The van der Waals surface area contributed by atoms with E-state index in [1.807, 2.05) is 36.4 Å². The number of benzene rings is 2. The van der Waals surface area contributed by atoms with Crippen LogP contribution in [0.4, 0.5) is 0 Å². The van der Waals surface area contributed by atoms with Crippen LogP contribution in [0, 0.1) is 0 Å². The summed E-state index contributed by atoms with van der Waals surface area (Å²) in [4.78, 5) is 19.6. The SMILES string of the molecule is O=C(CCn1c(Cc2cccc(Cl)c2)nc2ccccc21)NCCN1CCCC1. The molecule has 1 fully saturated rings. The van der Waals surface area contributed by atoms with Crippen molar-refractivity contribution in [2.45, 2.75) is 32.2 Å². The van der Waals surface area contributed by atoms with Gasteiger partial charge in [-0.3, -0.25) is 4.79 Å². The van der Waals surface area contributed by atoms with Gasteiger partial charge >= 0.3 is 0 Å². The number of hydrogen-bond acceptors (Lipinski definition) is 3. The zero-order valence-electron chi connectivity index (χ0n) is 16.6. The van der Waals surface area contributed by atoms with Crippen LogP contribution in [0.15, 0.2) is 48.5 Å². The number of likely N-dealkylation sites (tertiary alicyclic amines) is 1. The van der Waals surface area contributed by atoms with E-state index in [9.17, 15) is 4.79 Å². The summed E-state index contributed by atoms with van der Waals surface area (Å²) in [7, 11) is 0. The van der Waals surface area contributed by atoms with E-state index in [2.05, 4.69) is 26.9 Å². The van der Waals surface area contributed by atoms with Crippen molar-refractivity contribution in [2.24, 2.45) is 0 Å². The Morgan fingerprint density at radius 1 is 1.07 bits per heavy atom. The van der Waals surface area contributed by atoms with E-state index in [0.29, 0.717) is 19.4 Å². The molecule has 3 aromatic rings. The molecule has 0 bridgehead atoms. The highest BCUT2D eigenvalue weighted by molar-refractivity contribution is 6.30. The Hall–Kier alpha value is -2.37. The lowest BCUT2D eigenvalue weighted by atomic mass is 10.1. The topological polar surface area (TPSA) is 50.2 Å². The first kappa shape index (κ1) is 19.9. The van der Waals surface area contributed by atoms with E-state index in [4.69, 9.17) is 16.6 Å². The molecule has 0 spiro atoms. The number of nitrogens with zero attached hydrogens (tertiary/aromatic N) is 3. The number of para-hydroxylation sites is 2. The maximum Gasteiger partial charge on any atom is 0.221 e. The number of fused-ring (bicyclic) bond motifs is 1. The van der Waals surface area contributed by atoms with Crippen LogP contribution in [0.3, 0.4) is 0 Å². The van der Waals surface area contributed by atoms with Crippen molar-refractivity contribution in [3.63, 3.8) is 0 Å². The molecule has 1 aromatic heterocycles. The van der Waals surface area contributed by atoms with Gasteiger partial charge in [0, 0.05) is 37.5 Å². The summed E-state index contributed by atoms with van der Waals surface area (Å²) >= 11 is 6.14. The number of aryl methyl sites for hydroxylation is 1. The van der Waals surface area contributed by atoms with Crippen LogP contribution in [0.25, 0.3) is 11.0 Å². The lowest BCUT2D eigenvalue weighted by Crippen LogP contribution is -2.33. The molecule has 0 atom stereocenters. The van der Waals surface area contributed by atoms with Gasteiger partial charge in [0.25, 0.3) is 0 Å². The highest BCUT2D eigenvalue weighted by Crippen LogP contribution is 2.20. The third-order valence-corrected chi connectivity index (χ3v) is 5.73. The molecule has 0 radical (unpaired) electrons. The minimum absolute atomic E-state index is 0.0932. The van der Waals surface area contributed by atoms with Crippen molar-refractivity contribution in [1.29, 1.82) is 0 Å². The average molecular weight is 411 g/mol. The van der Waals surface area contributed by atoms with Gasteiger partial charge in [-0.25, -0.2) is 4.98 Å². The van der Waals surface area contributed by atoms with Gasteiger partial charge in [0.2, 0.25) is 5.91 Å². The van der Waals surface area contributed by atoms with E-state index in [1.165, 1.54) is 12.8 Å². The number of halogens is 1. The summed E-state index contributed by atoms with van der Waals surface area (Å²) in [6.07, 6.45) is 3.68. The maximum absolute atomic E-state index is 12.4. The largest absolute Gasteiger partial charge is 0.355 e. The Morgan fingerprint density at radius 2 is 1.90 bits per heavy atom. The fraction of sp³-hybridized carbons (Fsp3) is 0.391. The van der Waals surface area contributed by atoms with Gasteiger partial charge in [0.15, 0.2) is 0 Å². The number of amides is 1. The Morgan fingerprint density at radius 3 is 2.72 bits per heavy atom. The minimum atomic E-state index is 0.0932. The maximum atomic E-state index is 12.4. The predicted molar refractivity (Wildman–Crippen MR) is 117 cm³/mol. The number of carbonyl (C=O) groups excluding carboxylic acids is 1. The average Bonchev–Trinajstić information content (AvgIpc) is 3.34. The number of carbonyl (C=O) groups is 1. The lowest BCUT2D eigenvalue weighted by Gasteiger charge is -2.15. The van der Waals surface area contributed by atoms with Crippen LogP contribution < -0.4 is 5.32 Å². The summed E-state index contributed by atoms with van der Waals surface area (Å²) in [5.41, 5.74) is 3.14. The second-order valence-electron chi connectivity index (χ2n) is 7.62. The van der Waals surface area contributed by atoms with Gasteiger partial charge in [-0.1, -0.05) is 35.9 Å². The molecule has 0 unspecified atom stereocenters. The van der Waals surface area contributed by atoms with Crippen molar-refractivity contribution in [3.05, 3.63) is 64.9 Å². The Labute approximate surface area is 176 Å². The number of hydrogen-bond donors (Lipinski definition) is 1. The highest BCUT2D eigenvalue weighted by Gasteiger charge is 2.14. The van der Waals surface area contributed by atoms with Crippen molar-refractivity contribution < 1.29 is 4.79 Å². The standard InChI is InChI=1S/C23H27ClN4O/c24-19-7-5-6-18(16-19)17-22-26-20-8-1-2-9-21(20)28(22)14-10-23(29)25-11-15-27-12-3-4-13-27/h1-2,5-9,16H,3-4,10-15,17H2,(H,25,29). The van der Waals surface area contributed by atoms with Crippen molar-refractivity contribution >= 4 is 28.5 Å². The Bertz CT molecular complexity index is 978. The van der Waals surface area contributed by atoms with Crippen molar-refractivity contribution in [2.75, 3.05) is 26.2 Å². The zero-order valence-corrected chi connectivity index (χ0v) is 17.4. The second kappa shape index (κ2) is 9.42. The number of rotatable bonds is 8. The van der Waals surface area contributed by atoms with Gasteiger partial charge < -0.3 is 14.8 Å². The van der Waals surface area contributed by atoms with Gasteiger partial charge in [0.05, 0.1) is 11.0 Å². The van der Waals surface area contributed by atoms with Crippen LogP contribution in [0.1, 0.15) is 30.7 Å². The van der Waals surface area contributed by atoms with Crippen LogP contribution in [-0.2, 0) is 17.8 Å². The molecule has 0 aliphatic carbocycles. The molecule has 1 aliphatic rings. The van der Waals surface area contributed by atoms with E-state index in [1.54, 1.807) is 0 Å². The molecule has 1 saturated heterocycles. The fourth-order valence-corrected chi connectivity index (χ4v) is 4.21. The Balaban J connectivity index is 1.42. The molecule has 0 saturated carbocycles. The lowest BCUT2D eigenvalue weighted by molar-refractivity contribution is -0.121. The van der Waals surface area contributed by atoms with Crippen molar-refractivity contribution in [1.82, 2.24) is 19.8 Å². The quantitative estimate of drug-likeness (QED) is 0.613. The molecule has 29 heavy (non-hydrogen) atoms. The number of imidazole rings is 1. The smallest absolute Gasteiger partial charge is 0.221 e. The molecule has 5 nitrogen and oxygen atoms in total. The molecule has 2 aromatic carbocycles. The molecule has 6 heteroatoms. The third kappa shape index (κ3) is 5.17. The van der Waals surface area contributed by atoms with Gasteiger partial charge in [-0.05, 0) is 55.8 Å². The fourth-order valence-electron chi connectivity index (χ4n) is 4.00. The van der Waals surface area contributed by atoms with Gasteiger partial charge in [-0.2, -0.15) is 0 Å². The monoisotopic (exact) mass is 410 g/mol. The zero-order chi connectivity index (χ0) is 20.1. The van der Waals surface area contributed by atoms with Crippen LogP contribution in [0.2, 0.25) is 5.02 Å². The van der Waals surface area contributed by atoms with Gasteiger partial charge in [0.1, 0.15) is 5.82 Å². The first-order valence-electron chi connectivity index (χ1n) is 10.4. The molecular weight excluding hydrogens is 384 g/mol. The summed E-state index contributed by atoms with van der Waals surface area (Å²) in [5, 5.41) is 3.79. The first-order chi connectivity index (χ1) is 14.2. The summed E-state index contributed by atoms with van der Waals surface area (Å²) in [5.74, 6) is 1.05. The van der Waals surface area contributed by atoms with E-state index < -0.39 is 0 Å². The molecule has 152 valence electrons. The van der Waals surface area contributed by atoms with Crippen LogP contribution in [-0.4, -0.2) is 46.5 Å². The van der Waals surface area contributed by atoms with E-state index >= 15 is 0 Å². The predicted octanol–water partition coefficient (Wildman–Crippen LogP) is 3.88. The Kier molecular flexibility index (Phi) is 6.47. The van der Waals surface area contributed by atoms with E-state index in [0.717, 1.165) is 53.6 Å². The molecule has 1 N–H and O–H groups in total. The third-order valence-electron chi connectivity index (χ3n) is 5.50. The first-order valence-corrected chi connectivity index (χ1v) is 10.7. The van der Waals surface area contributed by atoms with Gasteiger partial charge in [-0.15, -0.1) is 0 Å². The van der Waals surface area contributed by atoms with Crippen LogP contribution >= 0.6 is 11.6 Å². The molecule has 2 heterocycles. The molecule has 1 aliphatic heterocycles. The second-order valence-corrected chi connectivity index (χ2v) is 8.06. The summed E-state index contributed by atoms with van der Waals surface area (Å²) < 4.78 is 2.16. The highest BCUT2D eigenvalue weighted by atomic mass is 35.5. The van der Waals surface area contributed by atoms with E-state index in [-0.39, 0.29) is 5.91 Å². The van der Waals surface area contributed by atoms with Crippen LogP contribution in [0.5, 0.6) is 0 Å². The summed E-state index contributed by atoms with van der Waals surface area (Å²) in [6.45, 7) is 4.60. The molecular formula is C23H27ClN4O. The normalized spacial score (nSPS) is 14.5. The molecule has 4 rings (SSSR count). The minimum Gasteiger partial charge on any atom is -0.355 e.